The quantitative estimate of drug-likeness (QED) is 0.441. The van der Waals surface area contributed by atoms with Crippen LogP contribution in [0.3, 0.4) is 0 Å². The minimum Gasteiger partial charge on any atom is -0.693 e. The van der Waals surface area contributed by atoms with Gasteiger partial charge in [0.15, 0.2) is 0 Å². The Morgan fingerprint density at radius 1 is 1.40 bits per heavy atom. The fourth-order valence-electron chi connectivity index (χ4n) is 0. The third-order valence-corrected chi connectivity index (χ3v) is 0. The van der Waals surface area contributed by atoms with Gasteiger partial charge >= 0.3 is 27.4 Å². The van der Waals surface area contributed by atoms with Crippen LogP contribution < -0.4 is 0 Å². The van der Waals surface area contributed by atoms with E-state index in [0.29, 0.717) is 0 Å². The Bertz CT molecular complexity index is 15.1. The molecule has 3 heteroatoms. The van der Waals surface area contributed by atoms with Gasteiger partial charge in [-0.2, -0.15) is 0 Å². The second-order valence-corrected chi connectivity index (χ2v) is 0.718. The smallest absolute Gasteiger partial charge is 0.693 e. The van der Waals surface area contributed by atoms with E-state index in [1.54, 1.807) is 11.8 Å². The van der Waals surface area contributed by atoms with Crippen molar-refractivity contribution >= 4 is 4.92 Å². The molecule has 0 atom stereocenters. The van der Waals surface area contributed by atoms with E-state index in [1.165, 1.54) is 0 Å². The minimum absolute atomic E-state index is 0. The standard InChI is InChI=1S/C2H4.Cu.2H2N/c1-2;;;/h1H,2H3;;2*1H2/q;;2*-1. The van der Waals surface area contributed by atoms with Crippen molar-refractivity contribution in [1.29, 1.82) is 0 Å². The molecule has 0 aromatic carbocycles. The molecular weight excluding hydrogens is 116 g/mol. The molecule has 0 aliphatic carbocycles. The summed E-state index contributed by atoms with van der Waals surface area (Å²) >= 11 is 4.38. The van der Waals surface area contributed by atoms with Crippen LogP contribution >= 0.6 is 0 Å². The van der Waals surface area contributed by atoms with Gasteiger partial charge in [0.1, 0.15) is 0 Å². The summed E-state index contributed by atoms with van der Waals surface area (Å²) in [4.78, 5) is 1.56. The Hall–Kier alpha value is 0.309. The summed E-state index contributed by atoms with van der Waals surface area (Å²) in [6.07, 6.45) is 0. The Morgan fingerprint density at radius 2 is 1.40 bits per heavy atom. The molecule has 0 saturated heterocycles. The predicted octanol–water partition coefficient (Wildman–Crippen LogP) is 1.79. The van der Waals surface area contributed by atoms with Gasteiger partial charge in [0.25, 0.3) is 0 Å². The van der Waals surface area contributed by atoms with Crippen LogP contribution in [0.1, 0.15) is 6.92 Å². The fourth-order valence-corrected chi connectivity index (χ4v) is 0. The summed E-state index contributed by atoms with van der Waals surface area (Å²) in [5, 5.41) is 0. The molecule has 0 amide bonds. The number of rotatable bonds is 0. The van der Waals surface area contributed by atoms with Crippen molar-refractivity contribution in [2.24, 2.45) is 0 Å². The van der Waals surface area contributed by atoms with Gasteiger partial charge in [-0.15, -0.1) is 0 Å². The van der Waals surface area contributed by atoms with Crippen LogP contribution in [0.4, 0.5) is 0 Å². The van der Waals surface area contributed by atoms with Gasteiger partial charge in [0, 0.05) is 0 Å². The summed E-state index contributed by atoms with van der Waals surface area (Å²) in [7, 11) is 0. The van der Waals surface area contributed by atoms with Crippen LogP contribution in [0.25, 0.3) is 12.3 Å². The first-order valence-electron chi connectivity index (χ1n) is 0.751. The molecule has 0 aromatic rings. The van der Waals surface area contributed by atoms with Gasteiger partial charge in [-0.1, -0.05) is 0 Å². The number of nitrogens with two attached hydrogens (primary N) is 2. The molecule has 5 heavy (non-hydrogen) atoms. The molecule has 0 fully saturated rings. The molecule has 39 valence electrons. The van der Waals surface area contributed by atoms with Gasteiger partial charge in [-0.25, -0.2) is 0 Å². The van der Waals surface area contributed by atoms with E-state index in [0.717, 1.165) is 0 Å². The number of hydrogen-bond donors (Lipinski definition) is 0. The normalized spacial score (nSPS) is 3.00. The monoisotopic (exact) mass is 123 g/mol. The SMILES string of the molecule is C[CH]=[Cu].[NH2-].[NH2-]. The van der Waals surface area contributed by atoms with Crippen molar-refractivity contribution in [3.8, 4) is 0 Å². The molecule has 0 saturated carbocycles. The Morgan fingerprint density at radius 3 is 1.40 bits per heavy atom. The largest absolute Gasteiger partial charge is 0.693 e. The van der Waals surface area contributed by atoms with Crippen LogP contribution in [0, 0.1) is 0 Å². The molecule has 0 aliphatic rings. The van der Waals surface area contributed by atoms with Crippen LogP contribution in [0.2, 0.25) is 0 Å². The molecule has 0 aromatic heterocycles. The summed E-state index contributed by atoms with van der Waals surface area (Å²) < 4.78 is 0. The van der Waals surface area contributed by atoms with E-state index >= 15 is 0 Å². The van der Waals surface area contributed by atoms with E-state index in [2.05, 4.69) is 15.6 Å². The third-order valence-electron chi connectivity index (χ3n) is 0. The molecular formula is C2H8CuN2-2. The first kappa shape index (κ1) is 18.5. The maximum Gasteiger partial charge on any atom is -0.693 e. The second kappa shape index (κ2) is 27.5. The molecule has 2 nitrogen and oxygen atoms in total. The fraction of sp³-hybridized carbons (Fsp3) is 0.500. The molecule has 4 N–H and O–H groups in total. The maximum absolute atomic E-state index is 4.38. The Labute approximate surface area is 40.5 Å². The van der Waals surface area contributed by atoms with Crippen LogP contribution in [0.5, 0.6) is 0 Å². The van der Waals surface area contributed by atoms with E-state index < -0.39 is 0 Å². The van der Waals surface area contributed by atoms with E-state index in [4.69, 9.17) is 0 Å². The third kappa shape index (κ3) is 240. The van der Waals surface area contributed by atoms with E-state index in [1.807, 2.05) is 0 Å². The van der Waals surface area contributed by atoms with Crippen LogP contribution in [0.15, 0.2) is 0 Å². The summed E-state index contributed by atoms with van der Waals surface area (Å²) in [5.41, 5.74) is 0. The molecule has 0 rings (SSSR count). The average Bonchev–Trinajstić information content (AvgIpc) is 0.918. The van der Waals surface area contributed by atoms with Gasteiger partial charge in [0.05, 0.1) is 0 Å². The average molecular weight is 124 g/mol. The molecule has 0 aliphatic heterocycles. The van der Waals surface area contributed by atoms with Crippen molar-refractivity contribution in [2.75, 3.05) is 0 Å². The van der Waals surface area contributed by atoms with Gasteiger partial charge in [-0.05, 0) is 0 Å². The zero-order valence-electron chi connectivity index (χ0n) is 3.03. The van der Waals surface area contributed by atoms with Crippen LogP contribution in [-0.2, 0) is 15.6 Å². The minimum atomic E-state index is 0. The summed E-state index contributed by atoms with van der Waals surface area (Å²) in [6.45, 7) is 1.81. The Balaban J connectivity index is -0.0000000200. The molecule has 0 bridgehead atoms. The molecule has 0 spiro atoms. The van der Waals surface area contributed by atoms with Crippen molar-refractivity contribution < 1.29 is 15.6 Å². The predicted molar refractivity (Wildman–Crippen MR) is 22.3 cm³/mol. The first-order chi connectivity index (χ1) is 1.41. The van der Waals surface area contributed by atoms with Gasteiger partial charge < -0.3 is 12.3 Å². The van der Waals surface area contributed by atoms with Gasteiger partial charge in [-0.3, -0.25) is 0 Å². The van der Waals surface area contributed by atoms with E-state index in [-0.39, 0.29) is 12.3 Å². The maximum atomic E-state index is 4.38. The second-order valence-electron chi connectivity index (χ2n) is 0.174. The van der Waals surface area contributed by atoms with E-state index in [9.17, 15) is 0 Å². The zero-order chi connectivity index (χ0) is 2.71. The molecule has 0 heterocycles. The zero-order valence-corrected chi connectivity index (χ0v) is 3.98. The van der Waals surface area contributed by atoms with Crippen molar-refractivity contribution in [2.45, 2.75) is 6.92 Å². The van der Waals surface area contributed by atoms with Crippen molar-refractivity contribution in [3.05, 3.63) is 12.3 Å². The Kier molecular flexibility index (Phi) is 102. The van der Waals surface area contributed by atoms with Crippen LogP contribution in [-0.4, -0.2) is 4.92 Å². The van der Waals surface area contributed by atoms with Crippen molar-refractivity contribution in [3.63, 3.8) is 0 Å². The molecule has 0 unspecified atom stereocenters. The number of hydrogen-bond acceptors (Lipinski definition) is 0. The first-order valence-corrected chi connectivity index (χ1v) is 1.30. The molecule has 0 radical (unpaired) electrons. The summed E-state index contributed by atoms with van der Waals surface area (Å²) in [6, 6.07) is 0. The van der Waals surface area contributed by atoms with Gasteiger partial charge in [0.2, 0.25) is 0 Å². The summed E-state index contributed by atoms with van der Waals surface area (Å²) in [5.74, 6) is 0. The topological polar surface area (TPSA) is 67.0 Å². The van der Waals surface area contributed by atoms with Crippen molar-refractivity contribution in [1.82, 2.24) is 0 Å².